The molecule has 0 saturated carbocycles. The molecule has 6 rings (SSSR count). The molecular formula is C39H34N2O5. The molecule has 46 heavy (non-hydrogen) atoms. The zero-order chi connectivity index (χ0) is 31.9. The fourth-order valence-corrected chi connectivity index (χ4v) is 6.27. The number of ether oxygens (including phenoxy) is 1. The minimum Gasteiger partial charge on any atom is -0.480 e. The van der Waals surface area contributed by atoms with Crippen molar-refractivity contribution < 1.29 is 24.2 Å². The lowest BCUT2D eigenvalue weighted by atomic mass is 9.77. The van der Waals surface area contributed by atoms with Crippen LogP contribution in [0.4, 0.5) is 4.79 Å². The fraction of sp³-hybridized carbons (Fsp3) is 0.154. The SMILES string of the molecule is O=C(CC[C@H](NC(=O)OCc1cccc2c1Cc1ccccc1-2)C(=O)O)NC(c1ccccc1)(c1ccccc1)c1ccccc1. The van der Waals surface area contributed by atoms with Gasteiger partial charge in [-0.2, -0.15) is 0 Å². The molecule has 0 aromatic heterocycles. The maximum absolute atomic E-state index is 13.7. The van der Waals surface area contributed by atoms with Gasteiger partial charge in [-0.1, -0.05) is 133 Å². The Morgan fingerprint density at radius 1 is 0.696 bits per heavy atom. The van der Waals surface area contributed by atoms with Crippen LogP contribution in [-0.2, 0) is 32.9 Å². The fourth-order valence-electron chi connectivity index (χ4n) is 6.27. The Labute approximate surface area is 267 Å². The number of amides is 2. The number of aliphatic carboxylic acids is 1. The molecule has 0 radical (unpaired) electrons. The number of carboxylic acids is 1. The molecule has 0 aliphatic heterocycles. The van der Waals surface area contributed by atoms with Gasteiger partial charge in [-0.15, -0.1) is 0 Å². The molecule has 7 heteroatoms. The standard InChI is InChI=1S/C39H34N2O5/c42-36(41-39(29-15-4-1-5-16-29,30-17-6-2-7-18-30)31-19-8-3-9-20-31)24-23-35(37(43)44)40-38(45)46-26-28-14-12-22-33-32-21-11-10-13-27(32)25-34(28)33/h1-22,35H,23-26H2,(H,40,45)(H,41,42)(H,43,44)/t35-/m0/s1. The van der Waals surface area contributed by atoms with Gasteiger partial charge in [0.1, 0.15) is 18.2 Å². The summed E-state index contributed by atoms with van der Waals surface area (Å²) in [5, 5.41) is 15.6. The van der Waals surface area contributed by atoms with Gasteiger partial charge in [0, 0.05) is 6.42 Å². The van der Waals surface area contributed by atoms with Gasteiger partial charge in [0.25, 0.3) is 0 Å². The average molecular weight is 611 g/mol. The summed E-state index contributed by atoms with van der Waals surface area (Å²) in [6.45, 7) is 0.00354. The predicted molar refractivity (Wildman–Crippen MR) is 176 cm³/mol. The van der Waals surface area contributed by atoms with E-state index in [-0.39, 0.29) is 25.4 Å². The zero-order valence-electron chi connectivity index (χ0n) is 25.2. The summed E-state index contributed by atoms with van der Waals surface area (Å²) in [6.07, 6.45) is -0.375. The number of hydrogen-bond acceptors (Lipinski definition) is 4. The second kappa shape index (κ2) is 13.5. The van der Waals surface area contributed by atoms with Crippen molar-refractivity contribution in [2.75, 3.05) is 0 Å². The van der Waals surface area contributed by atoms with Crippen molar-refractivity contribution in [1.29, 1.82) is 0 Å². The quantitative estimate of drug-likeness (QED) is 0.140. The van der Waals surface area contributed by atoms with Crippen LogP contribution in [-0.4, -0.2) is 29.1 Å². The van der Waals surface area contributed by atoms with Gasteiger partial charge in [0.05, 0.1) is 0 Å². The average Bonchev–Trinajstić information content (AvgIpc) is 3.48. The monoisotopic (exact) mass is 610 g/mol. The molecule has 0 saturated heterocycles. The first-order valence-electron chi connectivity index (χ1n) is 15.3. The largest absolute Gasteiger partial charge is 0.480 e. The van der Waals surface area contributed by atoms with Crippen molar-refractivity contribution in [3.63, 3.8) is 0 Å². The number of alkyl carbamates (subject to hydrolysis) is 1. The maximum Gasteiger partial charge on any atom is 0.408 e. The molecule has 230 valence electrons. The Morgan fingerprint density at radius 2 is 1.24 bits per heavy atom. The van der Waals surface area contributed by atoms with Crippen LogP contribution in [0.2, 0.25) is 0 Å². The summed E-state index contributed by atoms with van der Waals surface area (Å²) in [4.78, 5) is 38.6. The minimum atomic E-state index is -1.32. The van der Waals surface area contributed by atoms with Gasteiger partial charge >= 0.3 is 12.1 Å². The first-order valence-corrected chi connectivity index (χ1v) is 15.3. The van der Waals surface area contributed by atoms with Crippen molar-refractivity contribution in [3.05, 3.63) is 167 Å². The number of hydrogen-bond donors (Lipinski definition) is 3. The summed E-state index contributed by atoms with van der Waals surface area (Å²) < 4.78 is 5.48. The number of fused-ring (bicyclic) bond motifs is 3. The molecule has 0 bridgehead atoms. The number of rotatable bonds is 11. The molecule has 5 aromatic carbocycles. The van der Waals surface area contributed by atoms with Gasteiger partial charge in [-0.3, -0.25) is 4.79 Å². The van der Waals surface area contributed by atoms with E-state index < -0.39 is 23.6 Å². The van der Waals surface area contributed by atoms with E-state index in [1.54, 1.807) is 0 Å². The number of benzene rings is 5. The lowest BCUT2D eigenvalue weighted by Crippen LogP contribution is -2.48. The highest BCUT2D eigenvalue weighted by Crippen LogP contribution is 2.39. The third-order valence-corrected chi connectivity index (χ3v) is 8.50. The summed E-state index contributed by atoms with van der Waals surface area (Å²) in [7, 11) is 0. The van der Waals surface area contributed by atoms with Crippen molar-refractivity contribution in [1.82, 2.24) is 10.6 Å². The van der Waals surface area contributed by atoms with E-state index in [0.717, 1.165) is 39.8 Å². The zero-order valence-corrected chi connectivity index (χ0v) is 25.2. The van der Waals surface area contributed by atoms with Crippen LogP contribution in [0.25, 0.3) is 11.1 Å². The number of carbonyl (C=O) groups excluding carboxylic acids is 2. The number of carboxylic acid groups (broad SMARTS) is 1. The van der Waals surface area contributed by atoms with Crippen LogP contribution in [0.15, 0.2) is 133 Å². The Bertz CT molecular complexity index is 1740. The predicted octanol–water partition coefficient (Wildman–Crippen LogP) is 6.83. The second-order valence-corrected chi connectivity index (χ2v) is 11.3. The Kier molecular flexibility index (Phi) is 8.92. The Balaban J connectivity index is 1.14. The van der Waals surface area contributed by atoms with Crippen molar-refractivity contribution >= 4 is 18.0 Å². The van der Waals surface area contributed by atoms with Crippen LogP contribution >= 0.6 is 0 Å². The van der Waals surface area contributed by atoms with E-state index in [0.29, 0.717) is 0 Å². The molecule has 0 unspecified atom stereocenters. The van der Waals surface area contributed by atoms with Crippen molar-refractivity contribution in [3.8, 4) is 11.1 Å². The van der Waals surface area contributed by atoms with Crippen LogP contribution in [0.5, 0.6) is 0 Å². The number of carbonyl (C=O) groups is 3. The molecule has 5 aromatic rings. The van der Waals surface area contributed by atoms with Crippen molar-refractivity contribution in [2.45, 2.75) is 37.5 Å². The highest BCUT2D eigenvalue weighted by atomic mass is 16.5. The smallest absolute Gasteiger partial charge is 0.408 e. The van der Waals surface area contributed by atoms with Crippen LogP contribution < -0.4 is 10.6 Å². The molecule has 0 fully saturated rings. The van der Waals surface area contributed by atoms with E-state index in [4.69, 9.17) is 4.74 Å². The number of nitrogens with one attached hydrogen (secondary N) is 2. The third-order valence-electron chi connectivity index (χ3n) is 8.50. The molecular weight excluding hydrogens is 576 g/mol. The molecule has 1 aliphatic rings. The second-order valence-electron chi connectivity index (χ2n) is 11.3. The molecule has 0 heterocycles. The van der Waals surface area contributed by atoms with Gasteiger partial charge in [-0.05, 0) is 57.3 Å². The lowest BCUT2D eigenvalue weighted by Gasteiger charge is -2.37. The van der Waals surface area contributed by atoms with Crippen LogP contribution in [0.3, 0.4) is 0 Å². The summed E-state index contributed by atoms with van der Waals surface area (Å²) in [6, 6.07) is 41.7. The minimum absolute atomic E-state index is 0.00354. The Hall–Kier alpha value is -5.69. The van der Waals surface area contributed by atoms with E-state index >= 15 is 0 Å². The summed E-state index contributed by atoms with van der Waals surface area (Å²) >= 11 is 0. The van der Waals surface area contributed by atoms with Gasteiger partial charge < -0.3 is 20.5 Å². The van der Waals surface area contributed by atoms with E-state index in [2.05, 4.69) is 28.8 Å². The molecule has 7 nitrogen and oxygen atoms in total. The normalized spacial score (nSPS) is 12.3. The van der Waals surface area contributed by atoms with E-state index in [1.807, 2.05) is 115 Å². The Morgan fingerprint density at radius 3 is 1.83 bits per heavy atom. The van der Waals surface area contributed by atoms with E-state index in [1.165, 1.54) is 11.1 Å². The molecule has 1 aliphatic carbocycles. The highest BCUT2D eigenvalue weighted by molar-refractivity contribution is 5.83. The van der Waals surface area contributed by atoms with Gasteiger partial charge in [0.15, 0.2) is 0 Å². The first-order chi connectivity index (χ1) is 22.5. The summed E-state index contributed by atoms with van der Waals surface area (Å²) in [5.41, 5.74) is 7.01. The van der Waals surface area contributed by atoms with Crippen LogP contribution in [0, 0.1) is 0 Å². The van der Waals surface area contributed by atoms with Gasteiger partial charge in [0.2, 0.25) is 5.91 Å². The molecule has 3 N–H and O–H groups in total. The first kappa shape index (κ1) is 30.3. The van der Waals surface area contributed by atoms with Crippen molar-refractivity contribution in [2.24, 2.45) is 0 Å². The molecule has 2 amide bonds. The van der Waals surface area contributed by atoms with E-state index in [9.17, 15) is 19.5 Å². The molecule has 1 atom stereocenters. The van der Waals surface area contributed by atoms with Crippen LogP contribution in [0.1, 0.15) is 46.2 Å². The molecule has 0 spiro atoms. The third kappa shape index (κ3) is 6.26. The lowest BCUT2D eigenvalue weighted by molar-refractivity contribution is -0.139. The summed E-state index contributed by atoms with van der Waals surface area (Å²) in [5.74, 6) is -1.61. The van der Waals surface area contributed by atoms with Gasteiger partial charge in [-0.25, -0.2) is 9.59 Å². The highest BCUT2D eigenvalue weighted by Gasteiger charge is 2.38. The topological polar surface area (TPSA) is 105 Å². The maximum atomic E-state index is 13.7.